The molecule has 26 heavy (non-hydrogen) atoms. The largest absolute Gasteiger partial charge is 0.437 e. The number of nitrogens with zero attached hydrogens (tertiary/aromatic N) is 3. The molecule has 0 amide bonds. The topological polar surface area (TPSA) is 65.0 Å². The molecule has 0 aliphatic heterocycles. The Bertz CT molecular complexity index is 1170. The van der Waals surface area contributed by atoms with E-state index in [2.05, 4.69) is 15.0 Å². The molecule has 5 aromatic rings. The van der Waals surface area contributed by atoms with Crippen molar-refractivity contribution in [1.29, 1.82) is 0 Å². The first-order valence-electron chi connectivity index (χ1n) is 8.21. The summed E-state index contributed by atoms with van der Waals surface area (Å²) in [5.74, 6) is 1.15. The molecule has 0 spiro atoms. The van der Waals surface area contributed by atoms with Gasteiger partial charge in [-0.1, -0.05) is 24.3 Å². The van der Waals surface area contributed by atoms with Crippen molar-refractivity contribution >= 4 is 34.5 Å². The number of fused-ring (bicyclic) bond motifs is 2. The van der Waals surface area contributed by atoms with E-state index < -0.39 is 0 Å². The van der Waals surface area contributed by atoms with Crippen LogP contribution in [0.4, 0.5) is 0 Å². The summed E-state index contributed by atoms with van der Waals surface area (Å²) in [5.41, 5.74) is 4.87. The van der Waals surface area contributed by atoms with Crippen molar-refractivity contribution in [2.75, 3.05) is 0 Å². The van der Waals surface area contributed by atoms with E-state index in [9.17, 15) is 0 Å². The first-order valence-corrected chi connectivity index (χ1v) is 8.21. The maximum Gasteiger partial charge on any atom is 0.247 e. The van der Waals surface area contributed by atoms with Gasteiger partial charge in [0.15, 0.2) is 5.58 Å². The Kier molecular flexibility index (Phi) is 3.35. The summed E-state index contributed by atoms with van der Waals surface area (Å²) in [6, 6.07) is 19.4. The molecule has 0 fully saturated rings. The van der Waals surface area contributed by atoms with Gasteiger partial charge in [0.2, 0.25) is 17.5 Å². The number of para-hydroxylation sites is 2. The van der Waals surface area contributed by atoms with Crippen molar-refractivity contribution in [2.45, 2.75) is 0 Å². The van der Waals surface area contributed by atoms with Crippen molar-refractivity contribution < 1.29 is 8.83 Å². The number of hydrogen-bond donors (Lipinski definition) is 0. The van der Waals surface area contributed by atoms with Gasteiger partial charge in [-0.05, 0) is 48.0 Å². The Morgan fingerprint density at radius 1 is 0.731 bits per heavy atom. The summed E-state index contributed by atoms with van der Waals surface area (Å²) in [7, 11) is 0. The summed E-state index contributed by atoms with van der Waals surface area (Å²) in [5, 5.41) is 0. The van der Waals surface area contributed by atoms with Gasteiger partial charge in [-0.15, -0.1) is 0 Å². The average Bonchev–Trinajstić information content (AvgIpc) is 3.30. The van der Waals surface area contributed by atoms with Crippen LogP contribution in [0.5, 0.6) is 0 Å². The number of hydrogen-bond acceptors (Lipinski definition) is 5. The molecule has 5 heteroatoms. The number of aromatic nitrogens is 3. The third-order valence-electron chi connectivity index (χ3n) is 4.05. The quantitative estimate of drug-likeness (QED) is 0.452. The van der Waals surface area contributed by atoms with Crippen molar-refractivity contribution in [3.63, 3.8) is 0 Å². The van der Waals surface area contributed by atoms with Gasteiger partial charge in [0, 0.05) is 17.8 Å². The van der Waals surface area contributed by atoms with Gasteiger partial charge in [0.05, 0.1) is 0 Å². The molecule has 0 saturated heterocycles. The zero-order chi connectivity index (χ0) is 17.3. The second kappa shape index (κ2) is 5.97. The lowest BCUT2D eigenvalue weighted by Crippen LogP contribution is -1.78. The van der Waals surface area contributed by atoms with Gasteiger partial charge in [-0.2, -0.15) is 0 Å². The maximum atomic E-state index is 5.69. The van der Waals surface area contributed by atoms with Crippen LogP contribution in [-0.2, 0) is 0 Å². The summed E-state index contributed by atoms with van der Waals surface area (Å²) < 4.78 is 11.4. The fourth-order valence-electron chi connectivity index (χ4n) is 2.76. The minimum atomic E-state index is 0.544. The standard InChI is InChI=1S/C21H13N3O2/c1-2-6-18-16(4-1)23-19(25-18)12-9-14-7-10-15(11-8-14)20-24-17-5-3-13-22-21(17)26-20/h1-13H/b12-9+. The molecule has 124 valence electrons. The van der Waals surface area contributed by atoms with Crippen LogP contribution in [-0.4, -0.2) is 15.0 Å². The second-order valence-corrected chi connectivity index (χ2v) is 5.82. The number of pyridine rings is 1. The normalized spacial score (nSPS) is 11.7. The molecule has 0 aliphatic rings. The van der Waals surface area contributed by atoms with Crippen LogP contribution >= 0.6 is 0 Å². The lowest BCUT2D eigenvalue weighted by Gasteiger charge is -1.96. The van der Waals surface area contributed by atoms with Crippen LogP contribution in [0, 0.1) is 0 Å². The van der Waals surface area contributed by atoms with Gasteiger partial charge in [0.25, 0.3) is 0 Å². The number of benzene rings is 2. The van der Waals surface area contributed by atoms with Gasteiger partial charge in [0.1, 0.15) is 11.0 Å². The molecule has 2 aromatic carbocycles. The highest BCUT2D eigenvalue weighted by atomic mass is 16.4. The van der Waals surface area contributed by atoms with E-state index >= 15 is 0 Å². The third-order valence-corrected chi connectivity index (χ3v) is 4.05. The zero-order valence-corrected chi connectivity index (χ0v) is 13.7. The number of rotatable bonds is 3. The summed E-state index contributed by atoms with van der Waals surface area (Å²) in [6.07, 6.45) is 5.51. The molecule has 0 atom stereocenters. The minimum absolute atomic E-state index is 0.544. The van der Waals surface area contributed by atoms with Gasteiger partial charge >= 0.3 is 0 Å². The molecule has 0 radical (unpaired) electrons. The van der Waals surface area contributed by atoms with Crippen LogP contribution in [0.25, 0.3) is 45.9 Å². The van der Waals surface area contributed by atoms with Crippen molar-refractivity contribution in [3.8, 4) is 11.5 Å². The van der Waals surface area contributed by atoms with Crippen LogP contribution in [0.3, 0.4) is 0 Å². The molecule has 0 N–H and O–H groups in total. The minimum Gasteiger partial charge on any atom is -0.437 e. The summed E-state index contributed by atoms with van der Waals surface area (Å²) in [6.45, 7) is 0. The highest BCUT2D eigenvalue weighted by molar-refractivity contribution is 5.76. The predicted molar refractivity (Wildman–Crippen MR) is 100 cm³/mol. The molecule has 0 bridgehead atoms. The molecule has 3 aromatic heterocycles. The molecule has 0 unspecified atom stereocenters. The first kappa shape index (κ1) is 14.6. The Labute approximate surface area is 148 Å². The lowest BCUT2D eigenvalue weighted by atomic mass is 10.1. The van der Waals surface area contributed by atoms with Crippen LogP contribution in [0.2, 0.25) is 0 Å². The van der Waals surface area contributed by atoms with E-state index in [0.29, 0.717) is 17.5 Å². The van der Waals surface area contributed by atoms with E-state index in [-0.39, 0.29) is 0 Å². The average molecular weight is 339 g/mol. The van der Waals surface area contributed by atoms with Gasteiger partial charge in [-0.3, -0.25) is 0 Å². The fourth-order valence-corrected chi connectivity index (χ4v) is 2.76. The molecule has 0 saturated carbocycles. The van der Waals surface area contributed by atoms with Crippen molar-refractivity contribution in [3.05, 3.63) is 78.3 Å². The van der Waals surface area contributed by atoms with Gasteiger partial charge < -0.3 is 8.83 Å². The molecule has 5 nitrogen and oxygen atoms in total. The number of oxazole rings is 2. The smallest absolute Gasteiger partial charge is 0.247 e. The molecular weight excluding hydrogens is 326 g/mol. The third kappa shape index (κ3) is 2.65. The Balaban J connectivity index is 1.40. The second-order valence-electron chi connectivity index (χ2n) is 5.82. The SMILES string of the molecule is C(=C\c1nc2ccccc2o1)/c1ccc(-c2nc3cccnc3o2)cc1. The monoisotopic (exact) mass is 339 g/mol. The molecular formula is C21H13N3O2. The van der Waals surface area contributed by atoms with E-state index in [0.717, 1.165) is 27.7 Å². The Hall–Kier alpha value is -3.73. The van der Waals surface area contributed by atoms with Crippen molar-refractivity contribution in [2.24, 2.45) is 0 Å². The van der Waals surface area contributed by atoms with Crippen LogP contribution in [0.1, 0.15) is 11.5 Å². The van der Waals surface area contributed by atoms with Gasteiger partial charge in [-0.25, -0.2) is 15.0 Å². The van der Waals surface area contributed by atoms with E-state index in [4.69, 9.17) is 8.83 Å². The molecule has 0 aliphatic carbocycles. The zero-order valence-electron chi connectivity index (χ0n) is 13.7. The van der Waals surface area contributed by atoms with Crippen molar-refractivity contribution in [1.82, 2.24) is 15.0 Å². The van der Waals surface area contributed by atoms with E-state index in [1.807, 2.05) is 72.8 Å². The highest BCUT2D eigenvalue weighted by Crippen LogP contribution is 2.23. The molecule has 3 heterocycles. The van der Waals surface area contributed by atoms with E-state index in [1.165, 1.54) is 0 Å². The Morgan fingerprint density at radius 3 is 2.42 bits per heavy atom. The van der Waals surface area contributed by atoms with Crippen LogP contribution < -0.4 is 0 Å². The Morgan fingerprint density at radius 2 is 1.58 bits per heavy atom. The highest BCUT2D eigenvalue weighted by Gasteiger charge is 2.08. The maximum absolute atomic E-state index is 5.69. The summed E-state index contributed by atoms with van der Waals surface area (Å²) >= 11 is 0. The lowest BCUT2D eigenvalue weighted by molar-refractivity contribution is 0.589. The fraction of sp³-hybridized carbons (Fsp3) is 0. The van der Waals surface area contributed by atoms with E-state index in [1.54, 1.807) is 6.20 Å². The summed E-state index contributed by atoms with van der Waals surface area (Å²) in [4.78, 5) is 13.1. The first-order chi connectivity index (χ1) is 12.8. The molecule has 5 rings (SSSR count). The van der Waals surface area contributed by atoms with Crippen LogP contribution in [0.15, 0.2) is 75.7 Å². The predicted octanol–water partition coefficient (Wildman–Crippen LogP) is 5.20.